The SMILES string of the molecule is CCCC1(CC)CCN(C(=O)OC(C)(C)C)CC1. The minimum Gasteiger partial charge on any atom is -0.444 e. The average molecular weight is 255 g/mol. The summed E-state index contributed by atoms with van der Waals surface area (Å²) in [6, 6.07) is 0. The number of amides is 1. The van der Waals surface area contributed by atoms with Gasteiger partial charge >= 0.3 is 6.09 Å². The number of nitrogens with zero attached hydrogens (tertiary/aromatic N) is 1. The molecule has 1 aliphatic rings. The van der Waals surface area contributed by atoms with Crippen LogP contribution in [0.3, 0.4) is 0 Å². The van der Waals surface area contributed by atoms with Crippen LogP contribution in [0.15, 0.2) is 0 Å². The van der Waals surface area contributed by atoms with E-state index >= 15 is 0 Å². The lowest BCUT2D eigenvalue weighted by atomic mass is 9.73. The van der Waals surface area contributed by atoms with Crippen LogP contribution in [0.1, 0.15) is 66.7 Å². The highest BCUT2D eigenvalue weighted by atomic mass is 16.6. The Balaban J connectivity index is 2.50. The van der Waals surface area contributed by atoms with Crippen LogP contribution < -0.4 is 0 Å². The molecule has 106 valence electrons. The number of rotatable bonds is 3. The molecule has 0 aromatic rings. The highest BCUT2D eigenvalue weighted by Crippen LogP contribution is 2.39. The summed E-state index contributed by atoms with van der Waals surface area (Å²) < 4.78 is 5.43. The molecule has 0 spiro atoms. The van der Waals surface area contributed by atoms with Gasteiger partial charge in [-0.1, -0.05) is 26.7 Å². The van der Waals surface area contributed by atoms with Gasteiger partial charge in [0.05, 0.1) is 0 Å². The van der Waals surface area contributed by atoms with Gasteiger partial charge in [0.1, 0.15) is 5.60 Å². The molecule has 1 rings (SSSR count). The van der Waals surface area contributed by atoms with Crippen molar-refractivity contribution < 1.29 is 9.53 Å². The Labute approximate surface area is 112 Å². The topological polar surface area (TPSA) is 29.5 Å². The lowest BCUT2D eigenvalue weighted by Gasteiger charge is -2.41. The molecule has 0 atom stereocenters. The van der Waals surface area contributed by atoms with Gasteiger partial charge in [0, 0.05) is 13.1 Å². The first kappa shape index (κ1) is 15.3. The molecule has 0 bridgehead atoms. The van der Waals surface area contributed by atoms with E-state index in [-0.39, 0.29) is 11.7 Å². The first-order valence-electron chi connectivity index (χ1n) is 7.30. The van der Waals surface area contributed by atoms with E-state index in [2.05, 4.69) is 13.8 Å². The van der Waals surface area contributed by atoms with Gasteiger partial charge in [-0.25, -0.2) is 4.79 Å². The maximum atomic E-state index is 12.0. The number of hydrogen-bond acceptors (Lipinski definition) is 2. The van der Waals surface area contributed by atoms with Crippen molar-refractivity contribution in [1.29, 1.82) is 0 Å². The van der Waals surface area contributed by atoms with E-state index in [4.69, 9.17) is 4.74 Å². The fourth-order valence-electron chi connectivity index (χ4n) is 2.80. The zero-order chi connectivity index (χ0) is 13.8. The largest absolute Gasteiger partial charge is 0.444 e. The van der Waals surface area contributed by atoms with Gasteiger partial charge in [0.15, 0.2) is 0 Å². The van der Waals surface area contributed by atoms with Crippen LogP contribution in [0.2, 0.25) is 0 Å². The molecule has 1 aliphatic heterocycles. The standard InChI is InChI=1S/C15H29NO2/c1-6-8-15(7-2)9-11-16(12-10-15)13(17)18-14(3,4)5/h6-12H2,1-5H3. The number of hydrogen-bond donors (Lipinski definition) is 0. The molecule has 0 aromatic heterocycles. The maximum Gasteiger partial charge on any atom is 0.410 e. The molecule has 18 heavy (non-hydrogen) atoms. The van der Waals surface area contributed by atoms with E-state index in [1.807, 2.05) is 25.7 Å². The predicted molar refractivity (Wildman–Crippen MR) is 74.7 cm³/mol. The van der Waals surface area contributed by atoms with E-state index < -0.39 is 0 Å². The lowest BCUT2D eigenvalue weighted by Crippen LogP contribution is -2.45. The van der Waals surface area contributed by atoms with Crippen molar-refractivity contribution in [3.63, 3.8) is 0 Å². The van der Waals surface area contributed by atoms with E-state index in [9.17, 15) is 4.79 Å². The number of likely N-dealkylation sites (tertiary alicyclic amines) is 1. The molecule has 1 amide bonds. The van der Waals surface area contributed by atoms with Gasteiger partial charge < -0.3 is 9.64 Å². The van der Waals surface area contributed by atoms with Crippen molar-refractivity contribution in [3.05, 3.63) is 0 Å². The molecule has 3 heteroatoms. The molecule has 0 aliphatic carbocycles. The van der Waals surface area contributed by atoms with E-state index in [1.54, 1.807) is 0 Å². The zero-order valence-electron chi connectivity index (χ0n) is 12.7. The van der Waals surface area contributed by atoms with Crippen LogP contribution in [0.4, 0.5) is 4.79 Å². The van der Waals surface area contributed by atoms with E-state index in [0.29, 0.717) is 5.41 Å². The van der Waals surface area contributed by atoms with Crippen molar-refractivity contribution >= 4 is 6.09 Å². The third-order valence-electron chi connectivity index (χ3n) is 4.01. The monoisotopic (exact) mass is 255 g/mol. The Kier molecular flexibility index (Phi) is 5.06. The highest BCUT2D eigenvalue weighted by Gasteiger charge is 2.34. The van der Waals surface area contributed by atoms with Gasteiger partial charge in [-0.15, -0.1) is 0 Å². The second kappa shape index (κ2) is 5.94. The van der Waals surface area contributed by atoms with Crippen LogP contribution in [0.25, 0.3) is 0 Å². The summed E-state index contributed by atoms with van der Waals surface area (Å²) in [5.74, 6) is 0. The Morgan fingerprint density at radius 2 is 1.78 bits per heavy atom. The molecular formula is C15H29NO2. The average Bonchev–Trinajstić information content (AvgIpc) is 2.28. The number of carbonyl (C=O) groups excluding carboxylic acids is 1. The van der Waals surface area contributed by atoms with Crippen molar-refractivity contribution in [2.24, 2.45) is 5.41 Å². The van der Waals surface area contributed by atoms with Crippen LogP contribution in [0.5, 0.6) is 0 Å². The molecule has 0 unspecified atom stereocenters. The Morgan fingerprint density at radius 3 is 2.17 bits per heavy atom. The Bertz CT molecular complexity index is 273. The lowest BCUT2D eigenvalue weighted by molar-refractivity contribution is 0.00820. The van der Waals surface area contributed by atoms with Crippen molar-refractivity contribution in [2.75, 3.05) is 13.1 Å². The summed E-state index contributed by atoms with van der Waals surface area (Å²) >= 11 is 0. The minimum absolute atomic E-state index is 0.149. The summed E-state index contributed by atoms with van der Waals surface area (Å²) in [7, 11) is 0. The number of ether oxygens (including phenoxy) is 1. The molecular weight excluding hydrogens is 226 g/mol. The summed E-state index contributed by atoms with van der Waals surface area (Å²) in [5.41, 5.74) is 0.0764. The smallest absolute Gasteiger partial charge is 0.410 e. The van der Waals surface area contributed by atoms with Gasteiger partial charge in [0.25, 0.3) is 0 Å². The molecule has 0 N–H and O–H groups in total. The van der Waals surface area contributed by atoms with E-state index in [0.717, 1.165) is 25.9 Å². The van der Waals surface area contributed by atoms with Gasteiger partial charge in [-0.2, -0.15) is 0 Å². The maximum absolute atomic E-state index is 12.0. The molecule has 0 saturated carbocycles. The molecule has 3 nitrogen and oxygen atoms in total. The number of carbonyl (C=O) groups is 1. The van der Waals surface area contributed by atoms with Crippen LogP contribution in [0, 0.1) is 5.41 Å². The van der Waals surface area contributed by atoms with Crippen LogP contribution >= 0.6 is 0 Å². The molecule has 1 saturated heterocycles. The van der Waals surface area contributed by atoms with E-state index in [1.165, 1.54) is 19.3 Å². The van der Waals surface area contributed by atoms with Gasteiger partial charge in [0.2, 0.25) is 0 Å². The molecule has 0 aromatic carbocycles. The summed E-state index contributed by atoms with van der Waals surface area (Å²) in [6.45, 7) is 12.0. The summed E-state index contributed by atoms with van der Waals surface area (Å²) in [5, 5.41) is 0. The molecule has 1 fully saturated rings. The van der Waals surface area contributed by atoms with Crippen molar-refractivity contribution in [3.8, 4) is 0 Å². The first-order valence-corrected chi connectivity index (χ1v) is 7.30. The fourth-order valence-corrected chi connectivity index (χ4v) is 2.80. The first-order chi connectivity index (χ1) is 8.32. The van der Waals surface area contributed by atoms with Crippen molar-refractivity contribution in [2.45, 2.75) is 72.3 Å². The molecule has 0 radical (unpaired) electrons. The van der Waals surface area contributed by atoms with Crippen LogP contribution in [-0.4, -0.2) is 29.7 Å². The van der Waals surface area contributed by atoms with Gasteiger partial charge in [-0.05, 0) is 45.4 Å². The van der Waals surface area contributed by atoms with Crippen molar-refractivity contribution in [1.82, 2.24) is 4.90 Å². The minimum atomic E-state index is -0.389. The third-order valence-corrected chi connectivity index (χ3v) is 4.01. The highest BCUT2D eigenvalue weighted by molar-refractivity contribution is 5.68. The summed E-state index contributed by atoms with van der Waals surface area (Å²) in [6.07, 6.45) is 5.84. The number of piperidine rings is 1. The second-order valence-corrected chi connectivity index (χ2v) is 6.57. The normalized spacial score (nSPS) is 19.7. The molecule has 1 heterocycles. The fraction of sp³-hybridized carbons (Fsp3) is 0.933. The predicted octanol–water partition coefficient (Wildman–Crippen LogP) is 4.21. The quantitative estimate of drug-likeness (QED) is 0.756. The Morgan fingerprint density at radius 1 is 1.22 bits per heavy atom. The van der Waals surface area contributed by atoms with Gasteiger partial charge in [-0.3, -0.25) is 0 Å². The summed E-state index contributed by atoms with van der Waals surface area (Å²) in [4.78, 5) is 13.8. The third kappa shape index (κ3) is 4.18. The zero-order valence-corrected chi connectivity index (χ0v) is 12.7. The van der Waals surface area contributed by atoms with Crippen LogP contribution in [-0.2, 0) is 4.74 Å². The Hall–Kier alpha value is -0.730. The second-order valence-electron chi connectivity index (χ2n) is 6.57.